The molecule has 0 spiro atoms. The Morgan fingerprint density at radius 3 is 2.52 bits per heavy atom. The molecule has 1 N–H and O–H groups in total. The Morgan fingerprint density at radius 2 is 1.92 bits per heavy atom. The van der Waals surface area contributed by atoms with Crippen molar-refractivity contribution in [3.63, 3.8) is 0 Å². The van der Waals surface area contributed by atoms with Gasteiger partial charge in [0.15, 0.2) is 0 Å². The number of nitro benzene ring substituents is 1. The molecule has 0 radical (unpaired) electrons. The van der Waals surface area contributed by atoms with Gasteiger partial charge in [-0.05, 0) is 31.2 Å². The fraction of sp³-hybridized carbons (Fsp3) is 0.250. The summed E-state index contributed by atoms with van der Waals surface area (Å²) in [7, 11) is -2.41. The Balaban J connectivity index is 2.33. The summed E-state index contributed by atoms with van der Waals surface area (Å²) in [5.74, 6) is 0. The number of sulfonamides is 1. The Bertz CT molecular complexity index is 841. The van der Waals surface area contributed by atoms with Crippen molar-refractivity contribution in [3.05, 3.63) is 58.6 Å². The first-order chi connectivity index (χ1) is 11.8. The molecule has 2 rings (SSSR count). The van der Waals surface area contributed by atoms with Crippen molar-refractivity contribution >= 4 is 27.5 Å². The molecule has 0 bridgehead atoms. The number of nitrogens with one attached hydrogen (secondary N) is 1. The fourth-order valence-corrected chi connectivity index (χ4v) is 4.29. The predicted octanol–water partition coefficient (Wildman–Crippen LogP) is 3.06. The lowest BCUT2D eigenvalue weighted by Crippen LogP contribution is -2.35. The molecule has 0 aromatic heterocycles. The van der Waals surface area contributed by atoms with Crippen molar-refractivity contribution in [2.75, 3.05) is 13.7 Å². The van der Waals surface area contributed by atoms with Crippen LogP contribution in [0.2, 0.25) is 0 Å². The Labute approximate surface area is 150 Å². The van der Waals surface area contributed by atoms with Gasteiger partial charge in [0.05, 0.1) is 21.3 Å². The number of nitro groups is 1. The lowest BCUT2D eigenvalue weighted by molar-refractivity contribution is -0.388. The van der Waals surface area contributed by atoms with E-state index < -0.39 is 21.0 Å². The van der Waals surface area contributed by atoms with Gasteiger partial charge in [0, 0.05) is 24.1 Å². The van der Waals surface area contributed by atoms with Crippen LogP contribution in [0.4, 0.5) is 5.69 Å². The topological polar surface area (TPSA) is 98.5 Å². The summed E-state index contributed by atoms with van der Waals surface area (Å²) >= 11 is 1.21. The molecule has 2 aromatic carbocycles. The van der Waals surface area contributed by atoms with Crippen LogP contribution < -0.4 is 4.72 Å². The first-order valence-corrected chi connectivity index (χ1v) is 9.66. The zero-order valence-electron chi connectivity index (χ0n) is 13.7. The third-order valence-electron chi connectivity index (χ3n) is 3.18. The van der Waals surface area contributed by atoms with Crippen molar-refractivity contribution in [1.82, 2.24) is 4.72 Å². The summed E-state index contributed by atoms with van der Waals surface area (Å²) in [6.07, 6.45) is 0. The SMILES string of the molecule is COC[C@@H](C)NS(=O)(=O)c1ccc(Sc2ccccc2)c([N+](=O)[O-])c1. The van der Waals surface area contributed by atoms with Crippen LogP contribution in [0.25, 0.3) is 0 Å². The monoisotopic (exact) mass is 382 g/mol. The van der Waals surface area contributed by atoms with Gasteiger partial charge in [0.25, 0.3) is 5.69 Å². The number of nitrogens with zero attached hydrogens (tertiary/aromatic N) is 1. The third-order valence-corrected chi connectivity index (χ3v) is 5.84. The number of hydrogen-bond acceptors (Lipinski definition) is 6. The van der Waals surface area contributed by atoms with E-state index in [1.165, 1.54) is 31.0 Å². The van der Waals surface area contributed by atoms with Crippen LogP contribution in [-0.4, -0.2) is 33.1 Å². The average Bonchev–Trinajstić information content (AvgIpc) is 2.55. The first kappa shape index (κ1) is 19.4. The van der Waals surface area contributed by atoms with Crippen molar-refractivity contribution < 1.29 is 18.1 Å². The highest BCUT2D eigenvalue weighted by Crippen LogP contribution is 2.36. The molecule has 0 aliphatic carbocycles. The van der Waals surface area contributed by atoms with Crippen LogP contribution >= 0.6 is 11.8 Å². The maximum Gasteiger partial charge on any atom is 0.284 e. The fourth-order valence-electron chi connectivity index (χ4n) is 2.13. The molecule has 9 heteroatoms. The number of methoxy groups -OCH3 is 1. The quantitative estimate of drug-likeness (QED) is 0.556. The van der Waals surface area contributed by atoms with Gasteiger partial charge in [-0.15, -0.1) is 0 Å². The smallest absolute Gasteiger partial charge is 0.284 e. The Hall–Kier alpha value is -1.94. The van der Waals surface area contributed by atoms with E-state index in [1.807, 2.05) is 30.3 Å². The molecule has 0 heterocycles. The van der Waals surface area contributed by atoms with Crippen LogP contribution in [0.3, 0.4) is 0 Å². The molecule has 0 saturated heterocycles. The van der Waals surface area contributed by atoms with Gasteiger partial charge in [-0.25, -0.2) is 13.1 Å². The summed E-state index contributed by atoms with van der Waals surface area (Å²) in [5, 5.41) is 11.4. The minimum Gasteiger partial charge on any atom is -0.383 e. The summed E-state index contributed by atoms with van der Waals surface area (Å²) in [4.78, 5) is 11.8. The number of rotatable bonds is 8. The lowest BCUT2D eigenvalue weighted by Gasteiger charge is -2.13. The maximum absolute atomic E-state index is 12.4. The van der Waals surface area contributed by atoms with E-state index >= 15 is 0 Å². The van der Waals surface area contributed by atoms with E-state index in [9.17, 15) is 18.5 Å². The second kappa shape index (κ2) is 8.43. The molecule has 0 aliphatic rings. The van der Waals surface area contributed by atoms with E-state index in [1.54, 1.807) is 6.92 Å². The molecule has 0 amide bonds. The molecule has 1 atom stereocenters. The third kappa shape index (κ3) is 5.27. The number of hydrogen-bond donors (Lipinski definition) is 1. The molecule has 2 aromatic rings. The van der Waals surface area contributed by atoms with Crippen molar-refractivity contribution in [2.24, 2.45) is 0 Å². The molecule has 134 valence electrons. The van der Waals surface area contributed by atoms with Crippen molar-refractivity contribution in [1.29, 1.82) is 0 Å². The zero-order chi connectivity index (χ0) is 18.4. The van der Waals surface area contributed by atoms with Crippen LogP contribution in [0.1, 0.15) is 6.92 Å². The predicted molar refractivity (Wildman–Crippen MR) is 95.3 cm³/mol. The second-order valence-corrected chi connectivity index (χ2v) is 8.11. The second-order valence-electron chi connectivity index (χ2n) is 5.28. The van der Waals surface area contributed by atoms with Crippen LogP contribution in [0, 0.1) is 10.1 Å². The van der Waals surface area contributed by atoms with Gasteiger partial charge in [-0.2, -0.15) is 0 Å². The van der Waals surface area contributed by atoms with Crippen LogP contribution in [-0.2, 0) is 14.8 Å². The molecule has 0 aliphatic heterocycles. The number of benzene rings is 2. The summed E-state index contributed by atoms with van der Waals surface area (Å²) in [6.45, 7) is 1.85. The normalized spacial score (nSPS) is 12.7. The molecular formula is C16H18N2O5S2. The summed E-state index contributed by atoms with van der Waals surface area (Å²) in [5.41, 5.74) is -0.254. The average molecular weight is 382 g/mol. The molecule has 25 heavy (non-hydrogen) atoms. The Morgan fingerprint density at radius 1 is 1.24 bits per heavy atom. The summed E-state index contributed by atoms with van der Waals surface area (Å²) < 4.78 is 32.1. The van der Waals surface area contributed by atoms with E-state index in [-0.39, 0.29) is 17.2 Å². The standard InChI is InChI=1S/C16H18N2O5S2/c1-12(11-23-2)17-25(21,22)14-8-9-16(15(10-14)18(19)20)24-13-6-4-3-5-7-13/h3-10,12,17H,11H2,1-2H3/t12-/m1/s1. The van der Waals surface area contributed by atoms with Gasteiger partial charge in [0.2, 0.25) is 10.0 Å². The van der Waals surface area contributed by atoms with Crippen molar-refractivity contribution in [2.45, 2.75) is 27.7 Å². The molecule has 7 nitrogen and oxygen atoms in total. The molecule has 0 saturated carbocycles. The van der Waals surface area contributed by atoms with Gasteiger partial charge in [-0.3, -0.25) is 10.1 Å². The maximum atomic E-state index is 12.4. The minimum absolute atomic E-state index is 0.153. The van der Waals surface area contributed by atoms with Gasteiger partial charge < -0.3 is 4.74 Å². The largest absolute Gasteiger partial charge is 0.383 e. The van der Waals surface area contributed by atoms with E-state index in [0.717, 1.165) is 11.0 Å². The first-order valence-electron chi connectivity index (χ1n) is 7.36. The highest BCUT2D eigenvalue weighted by molar-refractivity contribution is 7.99. The van der Waals surface area contributed by atoms with Gasteiger partial charge in [-0.1, -0.05) is 30.0 Å². The van der Waals surface area contributed by atoms with E-state index in [0.29, 0.717) is 4.90 Å². The van der Waals surface area contributed by atoms with Crippen molar-refractivity contribution in [3.8, 4) is 0 Å². The molecule has 0 unspecified atom stereocenters. The highest BCUT2D eigenvalue weighted by Gasteiger charge is 2.23. The minimum atomic E-state index is -3.87. The lowest BCUT2D eigenvalue weighted by atomic mass is 10.3. The van der Waals surface area contributed by atoms with E-state index in [2.05, 4.69) is 4.72 Å². The van der Waals surface area contributed by atoms with Crippen LogP contribution in [0.5, 0.6) is 0 Å². The van der Waals surface area contributed by atoms with E-state index in [4.69, 9.17) is 4.74 Å². The number of ether oxygens (including phenoxy) is 1. The van der Waals surface area contributed by atoms with Gasteiger partial charge >= 0.3 is 0 Å². The molecule has 0 fully saturated rings. The highest BCUT2D eigenvalue weighted by atomic mass is 32.2. The Kier molecular flexibility index (Phi) is 6.54. The molecular weight excluding hydrogens is 364 g/mol. The summed E-state index contributed by atoms with van der Waals surface area (Å²) in [6, 6.07) is 12.6. The van der Waals surface area contributed by atoms with Gasteiger partial charge in [0.1, 0.15) is 0 Å². The zero-order valence-corrected chi connectivity index (χ0v) is 15.3. The van der Waals surface area contributed by atoms with Crippen LogP contribution in [0.15, 0.2) is 63.2 Å².